The standard InChI is InChI=1S/C8H17NO2/c1-5-6-9(7(10)11)8(2,3)4/h5-6H2,1-4H3,(H,10,11). The number of amides is 1. The fourth-order valence-corrected chi connectivity index (χ4v) is 0.942. The Labute approximate surface area is 68.0 Å². The summed E-state index contributed by atoms with van der Waals surface area (Å²) in [4.78, 5) is 12.1. The topological polar surface area (TPSA) is 40.5 Å². The van der Waals surface area contributed by atoms with Crippen LogP contribution < -0.4 is 0 Å². The van der Waals surface area contributed by atoms with E-state index < -0.39 is 6.09 Å². The van der Waals surface area contributed by atoms with E-state index in [1.54, 1.807) is 0 Å². The fourth-order valence-electron chi connectivity index (χ4n) is 0.942. The largest absolute Gasteiger partial charge is 0.465 e. The van der Waals surface area contributed by atoms with Gasteiger partial charge in [0.2, 0.25) is 0 Å². The molecule has 1 amide bonds. The van der Waals surface area contributed by atoms with Crippen molar-refractivity contribution in [3.8, 4) is 0 Å². The van der Waals surface area contributed by atoms with E-state index in [0.29, 0.717) is 6.54 Å². The van der Waals surface area contributed by atoms with Crippen LogP contribution in [0.15, 0.2) is 0 Å². The van der Waals surface area contributed by atoms with E-state index in [9.17, 15) is 4.79 Å². The van der Waals surface area contributed by atoms with Crippen LogP contribution in [0.1, 0.15) is 34.1 Å². The van der Waals surface area contributed by atoms with Crippen LogP contribution in [0.2, 0.25) is 0 Å². The van der Waals surface area contributed by atoms with E-state index in [1.165, 1.54) is 4.90 Å². The van der Waals surface area contributed by atoms with Crippen molar-refractivity contribution in [2.45, 2.75) is 39.7 Å². The molecule has 0 spiro atoms. The Hall–Kier alpha value is -0.730. The van der Waals surface area contributed by atoms with Crippen molar-refractivity contribution in [1.29, 1.82) is 0 Å². The first-order chi connectivity index (χ1) is 4.89. The average Bonchev–Trinajstić information content (AvgIpc) is 1.79. The molecule has 11 heavy (non-hydrogen) atoms. The summed E-state index contributed by atoms with van der Waals surface area (Å²) < 4.78 is 0. The molecule has 0 saturated carbocycles. The molecule has 0 aromatic carbocycles. The van der Waals surface area contributed by atoms with Crippen molar-refractivity contribution >= 4 is 6.09 Å². The van der Waals surface area contributed by atoms with Crippen molar-refractivity contribution in [3.05, 3.63) is 0 Å². The van der Waals surface area contributed by atoms with Gasteiger partial charge in [-0.05, 0) is 27.2 Å². The Morgan fingerprint density at radius 1 is 1.45 bits per heavy atom. The molecular formula is C8H17NO2. The number of nitrogens with zero attached hydrogens (tertiary/aromatic N) is 1. The van der Waals surface area contributed by atoms with Crippen molar-refractivity contribution in [2.24, 2.45) is 0 Å². The maximum Gasteiger partial charge on any atom is 0.407 e. The highest BCUT2D eigenvalue weighted by Crippen LogP contribution is 2.13. The van der Waals surface area contributed by atoms with Crippen molar-refractivity contribution < 1.29 is 9.90 Å². The van der Waals surface area contributed by atoms with Gasteiger partial charge in [0, 0.05) is 12.1 Å². The number of hydrogen-bond donors (Lipinski definition) is 1. The van der Waals surface area contributed by atoms with E-state index in [1.807, 2.05) is 27.7 Å². The van der Waals surface area contributed by atoms with Gasteiger partial charge in [-0.2, -0.15) is 0 Å². The lowest BCUT2D eigenvalue weighted by molar-refractivity contribution is 0.100. The first-order valence-electron chi connectivity index (χ1n) is 3.90. The molecule has 3 nitrogen and oxygen atoms in total. The summed E-state index contributed by atoms with van der Waals surface area (Å²) >= 11 is 0. The summed E-state index contributed by atoms with van der Waals surface area (Å²) in [5, 5.41) is 8.77. The maximum atomic E-state index is 10.7. The molecule has 0 aliphatic carbocycles. The summed E-state index contributed by atoms with van der Waals surface area (Å²) in [5.74, 6) is 0. The molecule has 0 aromatic heterocycles. The zero-order valence-electron chi connectivity index (χ0n) is 7.72. The predicted molar refractivity (Wildman–Crippen MR) is 44.8 cm³/mol. The molecule has 0 heterocycles. The van der Waals surface area contributed by atoms with Gasteiger partial charge >= 0.3 is 6.09 Å². The van der Waals surface area contributed by atoms with Crippen LogP contribution in [0.4, 0.5) is 4.79 Å². The van der Waals surface area contributed by atoms with Gasteiger partial charge < -0.3 is 10.0 Å². The highest BCUT2D eigenvalue weighted by atomic mass is 16.4. The van der Waals surface area contributed by atoms with Crippen LogP contribution in [0.3, 0.4) is 0 Å². The van der Waals surface area contributed by atoms with Crippen molar-refractivity contribution in [2.75, 3.05) is 6.54 Å². The van der Waals surface area contributed by atoms with Gasteiger partial charge in [0.05, 0.1) is 0 Å². The minimum atomic E-state index is -0.834. The zero-order valence-corrected chi connectivity index (χ0v) is 7.72. The lowest BCUT2D eigenvalue weighted by Crippen LogP contribution is -2.45. The molecule has 0 saturated heterocycles. The zero-order chi connectivity index (χ0) is 9.07. The fraction of sp³-hybridized carbons (Fsp3) is 0.875. The van der Waals surface area contributed by atoms with Crippen LogP contribution in [-0.4, -0.2) is 28.2 Å². The Morgan fingerprint density at radius 3 is 2.00 bits per heavy atom. The highest BCUT2D eigenvalue weighted by Gasteiger charge is 2.24. The molecule has 0 aliphatic heterocycles. The minimum absolute atomic E-state index is 0.276. The Bertz CT molecular complexity index is 138. The van der Waals surface area contributed by atoms with Crippen LogP contribution >= 0.6 is 0 Å². The monoisotopic (exact) mass is 159 g/mol. The Kier molecular flexibility index (Phi) is 3.36. The molecule has 0 aromatic rings. The molecule has 66 valence electrons. The number of carboxylic acid groups (broad SMARTS) is 1. The second-order valence-corrected chi connectivity index (χ2v) is 3.61. The van der Waals surface area contributed by atoms with E-state index in [2.05, 4.69) is 0 Å². The third-order valence-electron chi connectivity index (χ3n) is 1.49. The summed E-state index contributed by atoms with van der Waals surface area (Å²) in [6.07, 6.45) is 0.0307. The molecule has 0 rings (SSSR count). The molecule has 0 bridgehead atoms. The Morgan fingerprint density at radius 2 is 1.91 bits per heavy atom. The second-order valence-electron chi connectivity index (χ2n) is 3.61. The van der Waals surface area contributed by atoms with E-state index in [4.69, 9.17) is 5.11 Å². The van der Waals surface area contributed by atoms with Gasteiger partial charge in [0.15, 0.2) is 0 Å². The van der Waals surface area contributed by atoms with Crippen molar-refractivity contribution in [1.82, 2.24) is 4.90 Å². The van der Waals surface area contributed by atoms with E-state index >= 15 is 0 Å². The van der Waals surface area contributed by atoms with Gasteiger partial charge in [0.1, 0.15) is 0 Å². The van der Waals surface area contributed by atoms with E-state index in [-0.39, 0.29) is 5.54 Å². The van der Waals surface area contributed by atoms with Gasteiger partial charge in [-0.3, -0.25) is 0 Å². The summed E-state index contributed by atoms with van der Waals surface area (Å²) in [6, 6.07) is 0. The van der Waals surface area contributed by atoms with Crippen LogP contribution in [0.5, 0.6) is 0 Å². The lowest BCUT2D eigenvalue weighted by atomic mass is 10.1. The van der Waals surface area contributed by atoms with Crippen LogP contribution in [0.25, 0.3) is 0 Å². The Balaban J connectivity index is 4.22. The summed E-state index contributed by atoms with van der Waals surface area (Å²) in [7, 11) is 0. The smallest absolute Gasteiger partial charge is 0.407 e. The molecule has 0 radical (unpaired) electrons. The number of carbonyl (C=O) groups is 1. The lowest BCUT2D eigenvalue weighted by Gasteiger charge is -2.32. The number of rotatable bonds is 2. The summed E-state index contributed by atoms with van der Waals surface area (Å²) in [6.45, 7) is 8.28. The SMILES string of the molecule is CCCN(C(=O)O)C(C)(C)C. The third kappa shape index (κ3) is 3.25. The van der Waals surface area contributed by atoms with Gasteiger partial charge in [0.25, 0.3) is 0 Å². The molecule has 0 atom stereocenters. The molecule has 1 N–H and O–H groups in total. The molecule has 0 fully saturated rings. The average molecular weight is 159 g/mol. The first kappa shape index (κ1) is 10.3. The predicted octanol–water partition coefficient (Wildman–Crippen LogP) is 2.17. The second kappa shape index (κ2) is 3.60. The number of hydrogen-bond acceptors (Lipinski definition) is 1. The molecular weight excluding hydrogens is 142 g/mol. The van der Waals surface area contributed by atoms with E-state index in [0.717, 1.165) is 6.42 Å². The van der Waals surface area contributed by atoms with Crippen LogP contribution in [0, 0.1) is 0 Å². The van der Waals surface area contributed by atoms with Gasteiger partial charge in [-0.1, -0.05) is 6.92 Å². The summed E-state index contributed by atoms with van der Waals surface area (Å²) in [5.41, 5.74) is -0.276. The molecule has 3 heteroatoms. The molecule has 0 aliphatic rings. The third-order valence-corrected chi connectivity index (χ3v) is 1.49. The first-order valence-corrected chi connectivity index (χ1v) is 3.90. The van der Waals surface area contributed by atoms with Gasteiger partial charge in [-0.25, -0.2) is 4.79 Å². The quantitative estimate of drug-likeness (QED) is 0.670. The van der Waals surface area contributed by atoms with Crippen molar-refractivity contribution in [3.63, 3.8) is 0 Å². The van der Waals surface area contributed by atoms with Crippen LogP contribution in [-0.2, 0) is 0 Å². The minimum Gasteiger partial charge on any atom is -0.465 e. The highest BCUT2D eigenvalue weighted by molar-refractivity contribution is 5.65. The normalized spacial score (nSPS) is 11.3. The van der Waals surface area contributed by atoms with Gasteiger partial charge in [-0.15, -0.1) is 0 Å². The maximum absolute atomic E-state index is 10.7. The molecule has 0 unspecified atom stereocenters.